The van der Waals surface area contributed by atoms with Crippen molar-refractivity contribution in [2.24, 2.45) is 5.92 Å². The van der Waals surface area contributed by atoms with E-state index in [1.54, 1.807) is 11.3 Å². The molecule has 1 heterocycles. The van der Waals surface area contributed by atoms with Crippen molar-refractivity contribution in [2.45, 2.75) is 45.6 Å². The fourth-order valence-corrected chi connectivity index (χ4v) is 2.60. The second kappa shape index (κ2) is 8.27. The molecule has 2 atom stereocenters. The molecular weight excluding hydrogens is 246 g/mol. The van der Waals surface area contributed by atoms with Crippen LogP contribution in [0.1, 0.15) is 51.2 Å². The van der Waals surface area contributed by atoms with E-state index in [9.17, 15) is 9.90 Å². The van der Waals surface area contributed by atoms with Crippen LogP contribution in [0.4, 0.5) is 0 Å². The highest BCUT2D eigenvalue weighted by Gasteiger charge is 2.17. The summed E-state index contributed by atoms with van der Waals surface area (Å²) in [5, 5.41) is 16.6. The number of carbonyl (C=O) groups excluding carboxylic acids is 1. The Morgan fingerprint density at radius 2 is 2.28 bits per heavy atom. The fourth-order valence-electron chi connectivity index (χ4n) is 1.90. The summed E-state index contributed by atoms with van der Waals surface area (Å²) in [6.45, 7) is 4.47. The Morgan fingerprint density at radius 1 is 1.50 bits per heavy atom. The molecule has 0 saturated heterocycles. The van der Waals surface area contributed by atoms with E-state index in [1.807, 2.05) is 23.8 Å². The molecule has 0 radical (unpaired) electrons. The minimum absolute atomic E-state index is 0.0697. The molecule has 0 fully saturated rings. The van der Waals surface area contributed by atoms with Gasteiger partial charge >= 0.3 is 0 Å². The summed E-state index contributed by atoms with van der Waals surface area (Å²) in [5.41, 5.74) is 0.877. The van der Waals surface area contributed by atoms with E-state index in [2.05, 4.69) is 12.2 Å². The third kappa shape index (κ3) is 4.78. The van der Waals surface area contributed by atoms with E-state index in [0.717, 1.165) is 31.2 Å². The summed E-state index contributed by atoms with van der Waals surface area (Å²) in [5.74, 6) is 0.153. The van der Waals surface area contributed by atoms with Crippen molar-refractivity contribution in [2.75, 3.05) is 6.54 Å². The van der Waals surface area contributed by atoms with E-state index in [4.69, 9.17) is 0 Å². The van der Waals surface area contributed by atoms with Gasteiger partial charge in [0.15, 0.2) is 0 Å². The molecule has 0 spiro atoms. The summed E-state index contributed by atoms with van der Waals surface area (Å²) in [7, 11) is 0. The highest BCUT2D eigenvalue weighted by Crippen LogP contribution is 2.16. The topological polar surface area (TPSA) is 49.3 Å². The van der Waals surface area contributed by atoms with Crippen molar-refractivity contribution >= 4 is 17.2 Å². The summed E-state index contributed by atoms with van der Waals surface area (Å²) in [6.07, 6.45) is 3.40. The molecule has 1 aromatic rings. The van der Waals surface area contributed by atoms with Gasteiger partial charge in [-0.2, -0.15) is 11.3 Å². The lowest BCUT2D eigenvalue weighted by atomic mass is 9.98. The molecule has 1 rings (SSSR count). The van der Waals surface area contributed by atoms with Gasteiger partial charge in [-0.25, -0.2) is 0 Å². The van der Waals surface area contributed by atoms with Crippen LogP contribution in [0.15, 0.2) is 16.8 Å². The van der Waals surface area contributed by atoms with E-state index < -0.39 is 6.10 Å². The second-order valence-electron chi connectivity index (χ2n) is 4.57. The molecular formula is C14H23NO2S. The lowest BCUT2D eigenvalue weighted by molar-refractivity contribution is -0.125. The standard InChI is InChI=1S/C14H23NO2S/c1-3-5-6-11(4-2)14(17)15-9-13(16)12-7-8-18-10-12/h7-8,10-11,13,16H,3-6,9H2,1-2H3,(H,15,17). The zero-order valence-electron chi connectivity index (χ0n) is 11.2. The van der Waals surface area contributed by atoms with Gasteiger partial charge in [0.1, 0.15) is 0 Å². The molecule has 1 aromatic heterocycles. The Labute approximate surface area is 113 Å². The first-order valence-electron chi connectivity index (χ1n) is 6.66. The van der Waals surface area contributed by atoms with Gasteiger partial charge in [-0.05, 0) is 35.2 Å². The molecule has 0 saturated carbocycles. The molecule has 0 aromatic carbocycles. The van der Waals surface area contributed by atoms with Gasteiger partial charge < -0.3 is 10.4 Å². The molecule has 2 N–H and O–H groups in total. The van der Waals surface area contributed by atoms with Crippen LogP contribution in [-0.2, 0) is 4.79 Å². The Hall–Kier alpha value is -0.870. The summed E-state index contributed by atoms with van der Waals surface area (Å²) in [4.78, 5) is 11.9. The number of carbonyl (C=O) groups is 1. The Kier molecular flexibility index (Phi) is 6.98. The third-order valence-corrected chi connectivity index (χ3v) is 3.87. The summed E-state index contributed by atoms with van der Waals surface area (Å²) < 4.78 is 0. The SMILES string of the molecule is CCCCC(CC)C(=O)NCC(O)c1ccsc1. The molecule has 0 aliphatic rings. The maximum absolute atomic E-state index is 11.9. The highest BCUT2D eigenvalue weighted by molar-refractivity contribution is 7.07. The van der Waals surface area contributed by atoms with Crippen LogP contribution in [0.2, 0.25) is 0 Å². The number of rotatable bonds is 8. The average Bonchev–Trinajstić information content (AvgIpc) is 2.90. The molecule has 1 amide bonds. The van der Waals surface area contributed by atoms with Gasteiger partial charge in [0.05, 0.1) is 6.10 Å². The van der Waals surface area contributed by atoms with E-state index in [0.29, 0.717) is 6.54 Å². The van der Waals surface area contributed by atoms with E-state index in [-0.39, 0.29) is 11.8 Å². The Balaban J connectivity index is 2.35. The van der Waals surface area contributed by atoms with Crippen molar-refractivity contribution in [1.29, 1.82) is 0 Å². The van der Waals surface area contributed by atoms with Crippen LogP contribution >= 0.6 is 11.3 Å². The number of unbranched alkanes of at least 4 members (excludes halogenated alkanes) is 1. The number of thiophene rings is 1. The van der Waals surface area contributed by atoms with Crippen molar-refractivity contribution < 1.29 is 9.90 Å². The minimum Gasteiger partial charge on any atom is -0.387 e. The van der Waals surface area contributed by atoms with Gasteiger partial charge in [0.25, 0.3) is 0 Å². The molecule has 0 bridgehead atoms. The molecule has 102 valence electrons. The lowest BCUT2D eigenvalue weighted by Crippen LogP contribution is -2.33. The quantitative estimate of drug-likeness (QED) is 0.762. The lowest BCUT2D eigenvalue weighted by Gasteiger charge is -2.16. The van der Waals surface area contributed by atoms with E-state index >= 15 is 0 Å². The molecule has 2 unspecified atom stereocenters. The largest absolute Gasteiger partial charge is 0.387 e. The molecule has 0 aliphatic carbocycles. The van der Waals surface area contributed by atoms with Gasteiger partial charge in [0, 0.05) is 12.5 Å². The van der Waals surface area contributed by atoms with Crippen LogP contribution in [0.5, 0.6) is 0 Å². The maximum atomic E-state index is 11.9. The molecule has 18 heavy (non-hydrogen) atoms. The highest BCUT2D eigenvalue weighted by atomic mass is 32.1. The first-order valence-corrected chi connectivity index (χ1v) is 7.61. The number of hydrogen-bond donors (Lipinski definition) is 2. The van der Waals surface area contributed by atoms with Crippen LogP contribution in [0, 0.1) is 5.92 Å². The monoisotopic (exact) mass is 269 g/mol. The number of amides is 1. The number of nitrogens with one attached hydrogen (secondary N) is 1. The van der Waals surface area contributed by atoms with Crippen LogP contribution < -0.4 is 5.32 Å². The average molecular weight is 269 g/mol. The zero-order chi connectivity index (χ0) is 13.4. The minimum atomic E-state index is -0.594. The first-order chi connectivity index (χ1) is 8.69. The predicted octanol–water partition coefficient (Wildman–Crippen LogP) is 3.11. The van der Waals surface area contributed by atoms with Gasteiger partial charge in [0.2, 0.25) is 5.91 Å². The van der Waals surface area contributed by atoms with Crippen molar-refractivity contribution in [3.63, 3.8) is 0 Å². The second-order valence-corrected chi connectivity index (χ2v) is 5.35. The van der Waals surface area contributed by atoms with Crippen molar-refractivity contribution in [3.8, 4) is 0 Å². The van der Waals surface area contributed by atoms with Gasteiger partial charge in [-0.15, -0.1) is 0 Å². The third-order valence-electron chi connectivity index (χ3n) is 3.17. The predicted molar refractivity (Wildman–Crippen MR) is 75.6 cm³/mol. The zero-order valence-corrected chi connectivity index (χ0v) is 12.0. The molecule has 0 aliphatic heterocycles. The normalized spacial score (nSPS) is 14.2. The van der Waals surface area contributed by atoms with E-state index in [1.165, 1.54) is 0 Å². The Bertz CT molecular complexity index is 338. The van der Waals surface area contributed by atoms with Crippen LogP contribution in [0.25, 0.3) is 0 Å². The van der Waals surface area contributed by atoms with Crippen molar-refractivity contribution in [3.05, 3.63) is 22.4 Å². The summed E-state index contributed by atoms with van der Waals surface area (Å²) in [6, 6.07) is 1.88. The smallest absolute Gasteiger partial charge is 0.223 e. The summed E-state index contributed by atoms with van der Waals surface area (Å²) >= 11 is 1.55. The number of aliphatic hydroxyl groups excluding tert-OH is 1. The fraction of sp³-hybridized carbons (Fsp3) is 0.643. The van der Waals surface area contributed by atoms with Gasteiger partial charge in [-0.3, -0.25) is 4.79 Å². The van der Waals surface area contributed by atoms with Gasteiger partial charge in [-0.1, -0.05) is 26.7 Å². The van der Waals surface area contributed by atoms with Crippen molar-refractivity contribution in [1.82, 2.24) is 5.32 Å². The molecule has 3 nitrogen and oxygen atoms in total. The number of aliphatic hydroxyl groups is 1. The first kappa shape index (κ1) is 15.2. The Morgan fingerprint density at radius 3 is 2.83 bits per heavy atom. The van der Waals surface area contributed by atoms with Crippen LogP contribution in [-0.4, -0.2) is 17.6 Å². The number of hydrogen-bond acceptors (Lipinski definition) is 3. The molecule has 4 heteroatoms. The van der Waals surface area contributed by atoms with Crippen LogP contribution in [0.3, 0.4) is 0 Å². The maximum Gasteiger partial charge on any atom is 0.223 e.